The molecule has 2 saturated heterocycles. The molecular weight excluding hydrogens is 319 g/mol. The van der Waals surface area contributed by atoms with Crippen molar-refractivity contribution in [3.63, 3.8) is 0 Å². The van der Waals surface area contributed by atoms with Crippen LogP contribution in [-0.4, -0.2) is 44.8 Å². The Morgan fingerprint density at radius 1 is 1.20 bits per heavy atom. The number of rotatable bonds is 4. The Labute approximate surface area is 146 Å². The zero-order valence-electron chi connectivity index (χ0n) is 14.0. The van der Waals surface area contributed by atoms with Crippen LogP contribution < -0.4 is 0 Å². The van der Waals surface area contributed by atoms with Gasteiger partial charge in [-0.2, -0.15) is 0 Å². The van der Waals surface area contributed by atoms with E-state index in [9.17, 15) is 9.18 Å². The minimum absolute atomic E-state index is 0.135. The molecule has 2 aromatic rings. The average Bonchev–Trinajstić information content (AvgIpc) is 2.64. The molecule has 2 aliphatic rings. The summed E-state index contributed by atoms with van der Waals surface area (Å²) in [7, 11) is 0. The van der Waals surface area contributed by atoms with E-state index in [0.29, 0.717) is 24.6 Å². The van der Waals surface area contributed by atoms with Crippen molar-refractivity contribution in [2.45, 2.75) is 32.0 Å². The van der Waals surface area contributed by atoms with Gasteiger partial charge < -0.3 is 4.90 Å². The van der Waals surface area contributed by atoms with E-state index in [0.717, 1.165) is 31.6 Å². The van der Waals surface area contributed by atoms with Crippen LogP contribution in [0.4, 0.5) is 4.39 Å². The third-order valence-corrected chi connectivity index (χ3v) is 5.21. The van der Waals surface area contributed by atoms with E-state index in [1.807, 2.05) is 23.1 Å². The van der Waals surface area contributed by atoms with Gasteiger partial charge in [-0.3, -0.25) is 19.7 Å². The summed E-state index contributed by atoms with van der Waals surface area (Å²) in [6.07, 6.45) is 6.49. The van der Waals surface area contributed by atoms with Crippen LogP contribution in [0.2, 0.25) is 0 Å². The van der Waals surface area contributed by atoms with Crippen molar-refractivity contribution in [1.82, 2.24) is 19.8 Å². The van der Waals surface area contributed by atoms with Crippen LogP contribution >= 0.6 is 0 Å². The second kappa shape index (κ2) is 6.88. The number of aromatic nitrogens is 2. The zero-order valence-corrected chi connectivity index (χ0v) is 14.0. The van der Waals surface area contributed by atoms with Crippen LogP contribution in [0.15, 0.2) is 42.9 Å². The first-order chi connectivity index (χ1) is 12.2. The minimum Gasteiger partial charge on any atom is -0.335 e. The fourth-order valence-corrected chi connectivity index (χ4v) is 3.89. The Balaban J connectivity index is 1.50. The van der Waals surface area contributed by atoms with Gasteiger partial charge in [0.2, 0.25) is 5.91 Å². The van der Waals surface area contributed by atoms with Crippen molar-refractivity contribution in [3.05, 3.63) is 59.9 Å². The fourth-order valence-electron chi connectivity index (χ4n) is 3.89. The number of hydrogen-bond acceptors (Lipinski definition) is 4. The van der Waals surface area contributed by atoms with Gasteiger partial charge in [-0.25, -0.2) is 4.39 Å². The number of piperidine rings is 2. The summed E-state index contributed by atoms with van der Waals surface area (Å²) in [6.45, 7) is 2.63. The largest absolute Gasteiger partial charge is 0.335 e. The summed E-state index contributed by atoms with van der Waals surface area (Å²) < 4.78 is 13.9. The molecule has 130 valence electrons. The number of hydrogen-bond donors (Lipinski definition) is 0. The number of nitrogens with zero attached hydrogens (tertiary/aromatic N) is 4. The van der Waals surface area contributed by atoms with E-state index in [-0.39, 0.29) is 17.8 Å². The standard InChI is InChI=1S/C19H21FN4O/c20-17-10-21-7-4-15(17)12-23-8-5-14-9-18(23)19(25)24(11-14)13-16-3-1-2-6-22-16/h1-4,6-7,10,14,18H,5,8-9,11-13H2/t14-,18+/m0/s1. The van der Waals surface area contributed by atoms with Crippen LogP contribution in [0.5, 0.6) is 0 Å². The Morgan fingerprint density at radius 3 is 2.92 bits per heavy atom. The van der Waals surface area contributed by atoms with Gasteiger partial charge in [0, 0.05) is 31.0 Å². The van der Waals surface area contributed by atoms with Gasteiger partial charge in [0.25, 0.3) is 0 Å². The van der Waals surface area contributed by atoms with Crippen LogP contribution in [0.3, 0.4) is 0 Å². The summed E-state index contributed by atoms with van der Waals surface area (Å²) in [5.74, 6) is 0.347. The molecule has 0 N–H and O–H groups in total. The lowest BCUT2D eigenvalue weighted by Crippen LogP contribution is -2.58. The molecule has 4 rings (SSSR count). The van der Waals surface area contributed by atoms with Crippen molar-refractivity contribution in [2.75, 3.05) is 13.1 Å². The van der Waals surface area contributed by atoms with Crippen molar-refractivity contribution in [1.29, 1.82) is 0 Å². The molecule has 0 aliphatic carbocycles. The van der Waals surface area contributed by atoms with E-state index in [2.05, 4.69) is 14.9 Å². The SMILES string of the molecule is O=C1[C@H]2C[C@H](CCN2Cc2ccncc2F)CN1Cc1ccccn1. The Morgan fingerprint density at radius 2 is 2.12 bits per heavy atom. The summed E-state index contributed by atoms with van der Waals surface area (Å²) in [6, 6.07) is 7.29. The molecule has 2 aliphatic heterocycles. The highest BCUT2D eigenvalue weighted by Gasteiger charge is 2.41. The highest BCUT2D eigenvalue weighted by Crippen LogP contribution is 2.31. The molecule has 5 nitrogen and oxygen atoms in total. The van der Waals surface area contributed by atoms with Gasteiger partial charge in [-0.15, -0.1) is 0 Å². The molecule has 2 bridgehead atoms. The van der Waals surface area contributed by atoms with Gasteiger partial charge in [0.05, 0.1) is 24.5 Å². The monoisotopic (exact) mass is 340 g/mol. The highest BCUT2D eigenvalue weighted by atomic mass is 19.1. The van der Waals surface area contributed by atoms with Gasteiger partial charge in [-0.05, 0) is 43.5 Å². The van der Waals surface area contributed by atoms with Crippen LogP contribution in [-0.2, 0) is 17.9 Å². The second-order valence-corrected chi connectivity index (χ2v) is 6.88. The number of amides is 1. The molecule has 6 heteroatoms. The minimum atomic E-state index is -0.307. The number of likely N-dealkylation sites (tertiary alicyclic amines) is 2. The number of fused-ring (bicyclic) bond motifs is 2. The maximum atomic E-state index is 13.9. The molecule has 2 atom stereocenters. The maximum absolute atomic E-state index is 13.9. The first-order valence-electron chi connectivity index (χ1n) is 8.72. The lowest BCUT2D eigenvalue weighted by Gasteiger charge is -2.46. The third kappa shape index (κ3) is 3.39. The van der Waals surface area contributed by atoms with E-state index in [1.165, 1.54) is 6.20 Å². The number of carbonyl (C=O) groups excluding carboxylic acids is 1. The van der Waals surface area contributed by atoms with Gasteiger partial charge in [0.15, 0.2) is 0 Å². The van der Waals surface area contributed by atoms with E-state index < -0.39 is 0 Å². The summed E-state index contributed by atoms with van der Waals surface area (Å²) in [5.41, 5.74) is 1.51. The normalized spacial score (nSPS) is 23.7. The van der Waals surface area contributed by atoms with Crippen LogP contribution in [0.25, 0.3) is 0 Å². The second-order valence-electron chi connectivity index (χ2n) is 6.88. The Hall–Kier alpha value is -2.34. The molecule has 1 amide bonds. The number of halogens is 1. The number of pyridine rings is 2. The van der Waals surface area contributed by atoms with E-state index in [1.54, 1.807) is 18.5 Å². The molecule has 0 saturated carbocycles. The Bertz CT molecular complexity index is 754. The smallest absolute Gasteiger partial charge is 0.240 e. The van der Waals surface area contributed by atoms with Gasteiger partial charge in [0.1, 0.15) is 5.82 Å². The quantitative estimate of drug-likeness (QED) is 0.856. The third-order valence-electron chi connectivity index (χ3n) is 5.21. The maximum Gasteiger partial charge on any atom is 0.240 e. The molecule has 2 aromatic heterocycles. The fraction of sp³-hybridized carbons (Fsp3) is 0.421. The van der Waals surface area contributed by atoms with Crippen LogP contribution in [0.1, 0.15) is 24.1 Å². The molecule has 2 fully saturated rings. The topological polar surface area (TPSA) is 49.3 Å². The summed E-state index contributed by atoms with van der Waals surface area (Å²) in [4.78, 5) is 25.1. The predicted molar refractivity (Wildman–Crippen MR) is 90.8 cm³/mol. The first-order valence-corrected chi connectivity index (χ1v) is 8.72. The average molecular weight is 340 g/mol. The summed E-state index contributed by atoms with van der Waals surface area (Å²) in [5, 5.41) is 0. The summed E-state index contributed by atoms with van der Waals surface area (Å²) >= 11 is 0. The van der Waals surface area contributed by atoms with Crippen molar-refractivity contribution in [3.8, 4) is 0 Å². The predicted octanol–water partition coefficient (Wildman–Crippen LogP) is 2.24. The molecule has 0 unspecified atom stereocenters. The molecule has 25 heavy (non-hydrogen) atoms. The van der Waals surface area contributed by atoms with Crippen molar-refractivity contribution >= 4 is 5.91 Å². The first kappa shape index (κ1) is 16.1. The molecular formula is C19H21FN4O. The molecule has 0 radical (unpaired) electrons. The molecule has 0 spiro atoms. The van der Waals surface area contributed by atoms with E-state index >= 15 is 0 Å². The highest BCUT2D eigenvalue weighted by molar-refractivity contribution is 5.83. The van der Waals surface area contributed by atoms with Gasteiger partial charge in [-0.1, -0.05) is 6.07 Å². The van der Waals surface area contributed by atoms with E-state index in [4.69, 9.17) is 0 Å². The Kier molecular flexibility index (Phi) is 4.44. The lowest BCUT2D eigenvalue weighted by molar-refractivity contribution is -0.146. The van der Waals surface area contributed by atoms with Gasteiger partial charge >= 0.3 is 0 Å². The molecule has 4 heterocycles. The molecule has 0 aromatic carbocycles. The van der Waals surface area contributed by atoms with Crippen LogP contribution in [0, 0.1) is 11.7 Å². The van der Waals surface area contributed by atoms with Crippen molar-refractivity contribution in [2.24, 2.45) is 5.92 Å². The number of carbonyl (C=O) groups is 1. The lowest BCUT2D eigenvalue weighted by atomic mass is 9.85. The van der Waals surface area contributed by atoms with Crippen molar-refractivity contribution < 1.29 is 9.18 Å². The zero-order chi connectivity index (χ0) is 17.2.